The molecule has 0 spiro atoms. The molecule has 2 rings (SSSR count). The van der Waals surface area contributed by atoms with Crippen molar-refractivity contribution in [3.05, 3.63) is 33.7 Å². The second-order valence-corrected chi connectivity index (χ2v) is 2.97. The average molecular weight is 218 g/mol. The van der Waals surface area contributed by atoms with Crippen LogP contribution in [0.1, 0.15) is 28.1 Å². The summed E-state index contributed by atoms with van der Waals surface area (Å²) in [6, 6.07) is 0. The molecule has 84 valence electrons. The first kappa shape index (κ1) is 8.64. The summed E-state index contributed by atoms with van der Waals surface area (Å²) < 4.78 is 32.1. The molecule has 0 atom stereocenters. The van der Waals surface area contributed by atoms with Gasteiger partial charge in [0.1, 0.15) is 25.8 Å². The zero-order valence-electron chi connectivity index (χ0n) is 11.0. The highest BCUT2D eigenvalue weighted by atomic mass is 16.7. The van der Waals surface area contributed by atoms with E-state index in [1.807, 2.05) is 0 Å². The Kier molecular flexibility index (Phi) is 2.72. The lowest BCUT2D eigenvalue weighted by atomic mass is 10.4. The Labute approximate surface area is 90.1 Å². The van der Waals surface area contributed by atoms with Gasteiger partial charge in [0.05, 0.1) is 0 Å². The van der Waals surface area contributed by atoms with Gasteiger partial charge in [-0.2, -0.15) is 0 Å². The number of rotatable bonds is 0. The molecule has 0 radical (unpaired) electrons. The van der Waals surface area contributed by atoms with Crippen LogP contribution in [-0.2, 0) is 9.47 Å². The minimum absolute atomic E-state index is 0.514. The third kappa shape index (κ3) is 3.19. The smallest absolute Gasteiger partial charge is 0.459 e. The van der Waals surface area contributed by atoms with Crippen LogP contribution in [0.2, 0.25) is 0 Å². The minimum Gasteiger partial charge on any atom is -0.459 e. The van der Waals surface area contributed by atoms with Gasteiger partial charge in [0.25, 0.3) is 0 Å². The first-order chi connectivity index (χ1) is 7.71. The quantitative estimate of drug-likeness (QED) is 0.667. The highest BCUT2D eigenvalue weighted by Crippen LogP contribution is 2.12. The molecule has 0 aliphatic carbocycles. The standard InChI is InChI=1S/C5H6O3.C5H8O2/c1-3-4(2)8-5(6)7-3;1-4-5(2)7-3-6-4/h1-2H3;3H2,1-2H3/i;3T2. The second kappa shape index (κ2) is 4.72. The van der Waals surface area contributed by atoms with Crippen molar-refractivity contribution in [2.24, 2.45) is 0 Å². The van der Waals surface area contributed by atoms with Crippen LogP contribution in [0.4, 0.5) is 0 Å². The van der Waals surface area contributed by atoms with E-state index in [1.54, 1.807) is 27.7 Å². The fourth-order valence-electron chi connectivity index (χ4n) is 0.704. The summed E-state index contributed by atoms with van der Waals surface area (Å²) >= 11 is 0. The maximum Gasteiger partial charge on any atom is 0.518 e. The van der Waals surface area contributed by atoms with Crippen molar-refractivity contribution in [2.75, 3.05) is 6.75 Å². The van der Waals surface area contributed by atoms with E-state index >= 15 is 0 Å². The molecule has 1 aromatic heterocycles. The van der Waals surface area contributed by atoms with Crippen LogP contribution < -0.4 is 5.82 Å². The zero-order chi connectivity index (χ0) is 13.2. The maximum atomic E-state index is 10.2. The zero-order valence-corrected chi connectivity index (χ0v) is 9.04. The van der Waals surface area contributed by atoms with Gasteiger partial charge in [0.2, 0.25) is 6.75 Å². The predicted octanol–water partition coefficient (Wildman–Crippen LogP) is 2.09. The number of aryl methyl sites for hydroxylation is 2. The Morgan fingerprint density at radius 2 is 1.40 bits per heavy atom. The van der Waals surface area contributed by atoms with Crippen molar-refractivity contribution >= 4 is 0 Å². The first-order valence-electron chi connectivity index (χ1n) is 5.34. The van der Waals surface area contributed by atoms with Crippen LogP contribution >= 0.6 is 0 Å². The second-order valence-electron chi connectivity index (χ2n) is 2.97. The highest BCUT2D eigenvalue weighted by molar-refractivity contribution is 4.97. The van der Waals surface area contributed by atoms with Gasteiger partial charge in [0.15, 0.2) is 0 Å². The molecule has 5 nitrogen and oxygen atoms in total. The topological polar surface area (TPSA) is 61.8 Å². The minimum atomic E-state index is -1.94. The van der Waals surface area contributed by atoms with Crippen molar-refractivity contribution in [2.45, 2.75) is 27.7 Å². The van der Waals surface area contributed by atoms with Crippen molar-refractivity contribution in [1.82, 2.24) is 0 Å². The Morgan fingerprint density at radius 3 is 1.53 bits per heavy atom. The van der Waals surface area contributed by atoms with E-state index in [-0.39, 0.29) is 0 Å². The Balaban J connectivity index is 0.000000171. The van der Waals surface area contributed by atoms with Gasteiger partial charge in [-0.15, -0.1) is 0 Å². The van der Waals surface area contributed by atoms with Gasteiger partial charge in [-0.3, -0.25) is 0 Å². The molecule has 1 aliphatic rings. The van der Waals surface area contributed by atoms with E-state index in [0.717, 1.165) is 0 Å². The van der Waals surface area contributed by atoms with E-state index in [9.17, 15) is 4.79 Å². The maximum absolute atomic E-state index is 10.2. The largest absolute Gasteiger partial charge is 0.518 e. The van der Waals surface area contributed by atoms with Gasteiger partial charge in [-0.25, -0.2) is 4.79 Å². The van der Waals surface area contributed by atoms with Gasteiger partial charge in [-0.1, -0.05) is 0 Å². The van der Waals surface area contributed by atoms with Crippen molar-refractivity contribution in [1.29, 1.82) is 0 Å². The summed E-state index contributed by atoms with van der Waals surface area (Å²) in [7, 11) is 0. The van der Waals surface area contributed by atoms with E-state index in [0.29, 0.717) is 23.0 Å². The van der Waals surface area contributed by atoms with E-state index in [1.165, 1.54) is 0 Å². The Bertz CT molecular complexity index is 445. The van der Waals surface area contributed by atoms with Crippen LogP contribution in [0.25, 0.3) is 0 Å². The van der Waals surface area contributed by atoms with Gasteiger partial charge in [0, 0.05) is 0 Å². The predicted molar refractivity (Wildman–Crippen MR) is 52.1 cm³/mol. The molecule has 0 fully saturated rings. The van der Waals surface area contributed by atoms with Crippen molar-refractivity contribution in [3.63, 3.8) is 0 Å². The fraction of sp³-hybridized carbons (Fsp3) is 0.500. The first-order valence-corrected chi connectivity index (χ1v) is 4.34. The van der Waals surface area contributed by atoms with Crippen LogP contribution in [0.3, 0.4) is 0 Å². The van der Waals surface area contributed by atoms with E-state index in [4.69, 9.17) is 2.74 Å². The molecule has 2 heterocycles. The van der Waals surface area contributed by atoms with Crippen molar-refractivity contribution < 1.29 is 21.0 Å². The lowest BCUT2D eigenvalue weighted by Crippen LogP contribution is -1.85. The average Bonchev–Trinajstić information content (AvgIpc) is 2.54. The van der Waals surface area contributed by atoms with Gasteiger partial charge in [-0.05, 0) is 27.7 Å². The summed E-state index contributed by atoms with van der Waals surface area (Å²) in [5, 5.41) is 0. The molecule has 0 amide bonds. The molecule has 5 heteroatoms. The molecule has 0 unspecified atom stereocenters. The number of ether oxygens (including phenoxy) is 2. The number of hydrogen-bond acceptors (Lipinski definition) is 5. The van der Waals surface area contributed by atoms with Gasteiger partial charge < -0.3 is 18.3 Å². The molecule has 0 saturated carbocycles. The Morgan fingerprint density at radius 1 is 1.00 bits per heavy atom. The lowest BCUT2D eigenvalue weighted by molar-refractivity contribution is 0.0724. The molecule has 15 heavy (non-hydrogen) atoms. The van der Waals surface area contributed by atoms with Crippen molar-refractivity contribution in [3.8, 4) is 0 Å². The third-order valence-corrected chi connectivity index (χ3v) is 1.85. The highest BCUT2D eigenvalue weighted by Gasteiger charge is 2.05. The van der Waals surface area contributed by atoms with E-state index < -0.39 is 12.6 Å². The number of allylic oxidation sites excluding steroid dienone is 2. The molecule has 0 saturated heterocycles. The molecule has 0 aromatic carbocycles. The third-order valence-electron chi connectivity index (χ3n) is 1.85. The molecule has 1 aromatic rings. The molecular formula is C10H14O5. The number of hydrogen-bond donors (Lipinski definition) is 0. The summed E-state index contributed by atoms with van der Waals surface area (Å²) in [6.45, 7) is 4.76. The fourth-order valence-corrected chi connectivity index (χ4v) is 0.704. The summed E-state index contributed by atoms with van der Waals surface area (Å²) in [6.07, 6.45) is 0. The summed E-state index contributed by atoms with van der Waals surface area (Å²) in [5.41, 5.74) is 0. The van der Waals surface area contributed by atoms with Crippen LogP contribution in [0.5, 0.6) is 0 Å². The van der Waals surface area contributed by atoms with Crippen LogP contribution in [-0.4, -0.2) is 6.75 Å². The van der Waals surface area contributed by atoms with Crippen LogP contribution in [0.15, 0.2) is 25.1 Å². The summed E-state index contributed by atoms with van der Waals surface area (Å²) in [5.74, 6) is 1.50. The Hall–Kier alpha value is -1.65. The SMILES string of the molecule is Cc1oc(=O)oc1C.[3H]C1([3H])OC(C)=C(C)O1. The monoisotopic (exact) mass is 218 g/mol. The lowest BCUT2D eigenvalue weighted by Gasteiger charge is -1.87. The van der Waals surface area contributed by atoms with E-state index in [2.05, 4.69) is 18.3 Å². The summed E-state index contributed by atoms with van der Waals surface area (Å²) in [4.78, 5) is 10.2. The molecular weight excluding hydrogens is 200 g/mol. The van der Waals surface area contributed by atoms with Gasteiger partial charge >= 0.3 is 5.82 Å². The van der Waals surface area contributed by atoms with Crippen LogP contribution in [0, 0.1) is 13.8 Å². The normalized spacial score (nSPS) is 19.5. The molecule has 1 aliphatic heterocycles. The molecule has 0 bridgehead atoms. The molecule has 0 N–H and O–H groups in total.